The Morgan fingerprint density at radius 3 is 2.55 bits per heavy atom. The summed E-state index contributed by atoms with van der Waals surface area (Å²) in [5, 5.41) is 26.2. The molecule has 1 unspecified atom stereocenters. The average molecular weight is 396 g/mol. The highest BCUT2D eigenvalue weighted by Crippen LogP contribution is 2.30. The zero-order valence-corrected chi connectivity index (χ0v) is 16.1. The predicted molar refractivity (Wildman–Crippen MR) is 105 cm³/mol. The summed E-state index contributed by atoms with van der Waals surface area (Å²) in [5.74, 6) is 0.105. The van der Waals surface area contributed by atoms with E-state index < -0.39 is 16.9 Å². The summed E-state index contributed by atoms with van der Waals surface area (Å²) in [4.78, 5) is 24.8. The average Bonchev–Trinajstić information content (AvgIpc) is 3.17. The van der Waals surface area contributed by atoms with E-state index in [-0.39, 0.29) is 17.3 Å². The van der Waals surface area contributed by atoms with Crippen molar-refractivity contribution in [2.75, 3.05) is 12.4 Å². The van der Waals surface area contributed by atoms with Crippen LogP contribution < -0.4 is 10.1 Å². The van der Waals surface area contributed by atoms with Crippen LogP contribution in [-0.2, 0) is 4.79 Å². The van der Waals surface area contributed by atoms with Crippen LogP contribution in [0.3, 0.4) is 0 Å². The number of ether oxygens (including phenoxy) is 1. The molecule has 1 aromatic heterocycles. The third-order valence-electron chi connectivity index (χ3n) is 4.26. The lowest BCUT2D eigenvalue weighted by atomic mass is 10.0. The highest BCUT2D eigenvalue weighted by atomic mass is 16.6. The number of methoxy groups -OCH3 is 1. The maximum atomic E-state index is 13.0. The predicted octanol–water partition coefficient (Wildman–Crippen LogP) is 3.09. The number of anilines is 1. The number of aromatic nitrogens is 4. The van der Waals surface area contributed by atoms with Gasteiger partial charge in [0.05, 0.1) is 17.7 Å². The van der Waals surface area contributed by atoms with Gasteiger partial charge in [-0.1, -0.05) is 44.2 Å². The fourth-order valence-electron chi connectivity index (χ4n) is 2.83. The number of nitrogens with one attached hydrogen (secondary N) is 1. The maximum absolute atomic E-state index is 13.0. The molecule has 1 heterocycles. The Morgan fingerprint density at radius 2 is 1.93 bits per heavy atom. The lowest BCUT2D eigenvalue weighted by Crippen LogP contribution is -2.31. The van der Waals surface area contributed by atoms with Gasteiger partial charge in [-0.15, -0.1) is 10.2 Å². The SMILES string of the molecule is COc1ccc([N+](=O)[O-])cc1NC(=O)C(C(C)C)n1nnc(-c2ccccc2)n1. The van der Waals surface area contributed by atoms with Crippen LogP contribution in [-0.4, -0.2) is 38.1 Å². The molecular formula is C19H20N6O4. The van der Waals surface area contributed by atoms with Crippen molar-refractivity contribution >= 4 is 17.3 Å². The molecule has 0 fully saturated rings. The second-order valence-electron chi connectivity index (χ2n) is 6.62. The summed E-state index contributed by atoms with van der Waals surface area (Å²) in [5.41, 5.74) is 0.815. The molecule has 0 spiro atoms. The van der Waals surface area contributed by atoms with Crippen LogP contribution in [0.4, 0.5) is 11.4 Å². The van der Waals surface area contributed by atoms with Crippen LogP contribution in [0, 0.1) is 16.0 Å². The number of carbonyl (C=O) groups excluding carboxylic acids is 1. The summed E-state index contributed by atoms with van der Waals surface area (Å²) < 4.78 is 5.20. The van der Waals surface area contributed by atoms with Gasteiger partial charge < -0.3 is 10.1 Å². The first-order valence-electron chi connectivity index (χ1n) is 8.89. The standard InChI is InChI=1S/C19H20N6O4/c1-12(2)17(24-22-18(21-23-24)13-7-5-4-6-8-13)19(26)20-15-11-14(25(27)28)9-10-16(15)29-3/h4-12,17H,1-3H3,(H,20,26). The zero-order valence-electron chi connectivity index (χ0n) is 16.1. The Balaban J connectivity index is 1.89. The van der Waals surface area contributed by atoms with Crippen molar-refractivity contribution < 1.29 is 14.5 Å². The molecule has 0 aliphatic carbocycles. The van der Waals surface area contributed by atoms with E-state index in [1.165, 1.54) is 30.1 Å². The molecule has 29 heavy (non-hydrogen) atoms. The fraction of sp³-hybridized carbons (Fsp3) is 0.263. The molecule has 1 amide bonds. The maximum Gasteiger partial charge on any atom is 0.271 e. The number of amides is 1. The number of hydrogen-bond acceptors (Lipinski definition) is 7. The first-order chi connectivity index (χ1) is 13.9. The second-order valence-corrected chi connectivity index (χ2v) is 6.62. The summed E-state index contributed by atoms with van der Waals surface area (Å²) in [6.45, 7) is 3.70. The number of nitro groups is 1. The molecule has 3 aromatic rings. The van der Waals surface area contributed by atoms with Crippen LogP contribution in [0.5, 0.6) is 5.75 Å². The van der Waals surface area contributed by atoms with Gasteiger partial charge in [0.15, 0.2) is 6.04 Å². The summed E-state index contributed by atoms with van der Waals surface area (Å²) in [6, 6.07) is 12.5. The minimum absolute atomic E-state index is 0.160. The monoisotopic (exact) mass is 396 g/mol. The molecule has 0 radical (unpaired) electrons. The Kier molecular flexibility index (Phi) is 5.82. The van der Waals surface area contributed by atoms with Gasteiger partial charge >= 0.3 is 0 Å². The van der Waals surface area contributed by atoms with Crippen LogP contribution in [0.25, 0.3) is 11.4 Å². The molecule has 150 valence electrons. The molecule has 1 atom stereocenters. The van der Waals surface area contributed by atoms with Gasteiger partial charge in [0.1, 0.15) is 5.75 Å². The van der Waals surface area contributed by atoms with Crippen molar-refractivity contribution in [1.29, 1.82) is 0 Å². The van der Waals surface area contributed by atoms with Crippen LogP contribution in [0.1, 0.15) is 19.9 Å². The van der Waals surface area contributed by atoms with E-state index >= 15 is 0 Å². The van der Waals surface area contributed by atoms with E-state index in [4.69, 9.17) is 4.74 Å². The van der Waals surface area contributed by atoms with Gasteiger partial charge in [0, 0.05) is 17.7 Å². The number of carbonyl (C=O) groups is 1. The third kappa shape index (κ3) is 4.37. The van der Waals surface area contributed by atoms with Gasteiger partial charge in [-0.25, -0.2) is 0 Å². The number of non-ortho nitro benzene ring substituents is 1. The zero-order chi connectivity index (χ0) is 21.0. The van der Waals surface area contributed by atoms with Crippen LogP contribution in [0.2, 0.25) is 0 Å². The topological polar surface area (TPSA) is 125 Å². The fourth-order valence-corrected chi connectivity index (χ4v) is 2.83. The number of nitro benzene ring substituents is 1. The first kappa shape index (κ1) is 19.9. The van der Waals surface area contributed by atoms with E-state index in [9.17, 15) is 14.9 Å². The van der Waals surface area contributed by atoms with Gasteiger partial charge in [0.2, 0.25) is 5.82 Å². The van der Waals surface area contributed by atoms with Crippen molar-refractivity contribution in [3.05, 3.63) is 58.6 Å². The number of hydrogen-bond donors (Lipinski definition) is 1. The highest BCUT2D eigenvalue weighted by Gasteiger charge is 2.28. The van der Waals surface area contributed by atoms with Crippen LogP contribution in [0.15, 0.2) is 48.5 Å². The largest absolute Gasteiger partial charge is 0.495 e. The highest BCUT2D eigenvalue weighted by molar-refractivity contribution is 5.95. The van der Waals surface area contributed by atoms with E-state index in [2.05, 4.69) is 20.7 Å². The number of tetrazole rings is 1. The normalized spacial score (nSPS) is 11.9. The second kappa shape index (κ2) is 8.46. The lowest BCUT2D eigenvalue weighted by molar-refractivity contribution is -0.384. The van der Waals surface area contributed by atoms with Crippen molar-refractivity contribution in [1.82, 2.24) is 20.2 Å². The minimum Gasteiger partial charge on any atom is -0.495 e. The van der Waals surface area contributed by atoms with Gasteiger partial charge in [-0.05, 0) is 17.2 Å². The third-order valence-corrected chi connectivity index (χ3v) is 4.26. The van der Waals surface area contributed by atoms with E-state index in [0.717, 1.165) is 5.56 Å². The molecule has 1 N–H and O–H groups in total. The molecule has 0 saturated carbocycles. The molecular weight excluding hydrogens is 376 g/mol. The molecule has 0 bridgehead atoms. The van der Waals surface area contributed by atoms with Crippen molar-refractivity contribution in [3.8, 4) is 17.1 Å². The Bertz CT molecular complexity index is 1020. The van der Waals surface area contributed by atoms with Crippen LogP contribution >= 0.6 is 0 Å². The summed E-state index contributed by atoms with van der Waals surface area (Å²) >= 11 is 0. The Labute approximate surface area is 166 Å². The smallest absolute Gasteiger partial charge is 0.271 e. The Hall–Kier alpha value is -3.82. The molecule has 10 heteroatoms. The molecule has 10 nitrogen and oxygen atoms in total. The molecule has 0 saturated heterocycles. The van der Waals surface area contributed by atoms with Gasteiger partial charge in [0.25, 0.3) is 11.6 Å². The number of benzene rings is 2. The molecule has 3 rings (SSSR count). The van der Waals surface area contributed by atoms with E-state index in [0.29, 0.717) is 11.6 Å². The minimum atomic E-state index is -0.774. The van der Waals surface area contributed by atoms with Crippen molar-refractivity contribution in [3.63, 3.8) is 0 Å². The van der Waals surface area contributed by atoms with Gasteiger partial charge in [-0.3, -0.25) is 14.9 Å². The molecule has 0 aliphatic heterocycles. The molecule has 2 aromatic carbocycles. The number of rotatable bonds is 7. The quantitative estimate of drug-likeness (QED) is 0.480. The lowest BCUT2D eigenvalue weighted by Gasteiger charge is -2.19. The summed E-state index contributed by atoms with van der Waals surface area (Å²) in [6.07, 6.45) is 0. The van der Waals surface area contributed by atoms with Crippen molar-refractivity contribution in [2.24, 2.45) is 5.92 Å². The van der Waals surface area contributed by atoms with E-state index in [1.54, 1.807) is 0 Å². The van der Waals surface area contributed by atoms with Gasteiger partial charge in [-0.2, -0.15) is 4.80 Å². The Morgan fingerprint density at radius 1 is 1.21 bits per heavy atom. The first-order valence-corrected chi connectivity index (χ1v) is 8.89. The van der Waals surface area contributed by atoms with Crippen molar-refractivity contribution in [2.45, 2.75) is 19.9 Å². The van der Waals surface area contributed by atoms with E-state index in [1.807, 2.05) is 44.2 Å². The molecule has 0 aliphatic rings. The number of nitrogens with zero attached hydrogens (tertiary/aromatic N) is 5. The summed E-state index contributed by atoms with van der Waals surface area (Å²) in [7, 11) is 1.42.